The molecule has 3 heteroatoms. The molecule has 1 N–H and O–H groups in total. The Morgan fingerprint density at radius 1 is 1.31 bits per heavy atom. The number of aryl methyl sites for hydroxylation is 2. The molecule has 0 atom stereocenters. The van der Waals surface area contributed by atoms with Gasteiger partial charge < -0.3 is 4.98 Å². The molecule has 2 nitrogen and oxygen atoms in total. The number of fused-ring (bicyclic) bond motifs is 1. The zero-order valence-electron chi connectivity index (χ0n) is 9.65. The van der Waals surface area contributed by atoms with Crippen LogP contribution in [0.1, 0.15) is 23.7 Å². The monoisotopic (exact) mass is 235 g/mol. The van der Waals surface area contributed by atoms with Gasteiger partial charge in [0.2, 0.25) is 0 Å². The summed E-state index contributed by atoms with van der Waals surface area (Å²) in [5.74, 6) is 0. The van der Waals surface area contributed by atoms with E-state index in [1.165, 1.54) is 0 Å². The highest BCUT2D eigenvalue weighted by Crippen LogP contribution is 2.22. The Hall–Kier alpha value is -1.28. The Kier molecular flexibility index (Phi) is 2.76. The molecule has 1 heterocycles. The van der Waals surface area contributed by atoms with Crippen LogP contribution in [0.3, 0.4) is 0 Å². The fourth-order valence-electron chi connectivity index (χ4n) is 1.99. The van der Waals surface area contributed by atoms with Gasteiger partial charge in [-0.3, -0.25) is 4.79 Å². The van der Waals surface area contributed by atoms with Crippen molar-refractivity contribution in [3.63, 3.8) is 0 Å². The third-order valence-electron chi connectivity index (χ3n) is 2.90. The molecule has 0 aliphatic carbocycles. The molecule has 0 aliphatic heterocycles. The molecule has 0 saturated carbocycles. The third kappa shape index (κ3) is 1.63. The maximum atomic E-state index is 12.1. The topological polar surface area (TPSA) is 32.9 Å². The van der Waals surface area contributed by atoms with Crippen molar-refractivity contribution in [1.29, 1.82) is 0 Å². The number of aromatic amines is 1. The van der Waals surface area contributed by atoms with Crippen LogP contribution in [0.2, 0.25) is 5.02 Å². The van der Waals surface area contributed by atoms with Gasteiger partial charge in [-0.25, -0.2) is 0 Å². The molecular weight excluding hydrogens is 222 g/mol. The minimum atomic E-state index is 0.0798. The quantitative estimate of drug-likeness (QED) is 0.808. The number of H-pyrrole nitrogens is 1. The van der Waals surface area contributed by atoms with E-state index in [2.05, 4.69) is 4.98 Å². The zero-order valence-corrected chi connectivity index (χ0v) is 10.4. The maximum Gasteiger partial charge on any atom is 0.192 e. The van der Waals surface area contributed by atoms with Gasteiger partial charge in [0.25, 0.3) is 0 Å². The lowest BCUT2D eigenvalue weighted by Gasteiger charge is -2.08. The highest BCUT2D eigenvalue weighted by atomic mass is 35.5. The Morgan fingerprint density at radius 3 is 2.62 bits per heavy atom. The first-order valence-corrected chi connectivity index (χ1v) is 5.74. The van der Waals surface area contributed by atoms with Gasteiger partial charge in [-0.2, -0.15) is 0 Å². The van der Waals surface area contributed by atoms with Crippen molar-refractivity contribution in [2.24, 2.45) is 0 Å². The number of aromatic nitrogens is 1. The number of hydrogen-bond acceptors (Lipinski definition) is 1. The average Bonchev–Trinajstić information content (AvgIpc) is 2.24. The van der Waals surface area contributed by atoms with Crippen molar-refractivity contribution in [3.05, 3.63) is 44.2 Å². The van der Waals surface area contributed by atoms with Gasteiger partial charge >= 0.3 is 0 Å². The molecule has 2 rings (SSSR count). The molecule has 84 valence electrons. The van der Waals surface area contributed by atoms with Crippen molar-refractivity contribution in [1.82, 2.24) is 4.98 Å². The second-order valence-electron chi connectivity index (χ2n) is 4.08. The van der Waals surface area contributed by atoms with E-state index in [4.69, 9.17) is 11.6 Å². The zero-order chi connectivity index (χ0) is 11.9. The summed E-state index contributed by atoms with van der Waals surface area (Å²) in [7, 11) is 0. The summed E-state index contributed by atoms with van der Waals surface area (Å²) < 4.78 is 0. The predicted molar refractivity (Wildman–Crippen MR) is 68.4 cm³/mol. The van der Waals surface area contributed by atoms with Crippen LogP contribution in [0.15, 0.2) is 16.9 Å². The van der Waals surface area contributed by atoms with E-state index in [1.807, 2.05) is 32.9 Å². The van der Waals surface area contributed by atoms with Crippen molar-refractivity contribution in [2.75, 3.05) is 0 Å². The van der Waals surface area contributed by atoms with Crippen LogP contribution in [0.4, 0.5) is 0 Å². The van der Waals surface area contributed by atoms with Gasteiger partial charge in [-0.05, 0) is 38.0 Å². The average molecular weight is 236 g/mol. The smallest absolute Gasteiger partial charge is 0.192 e. The lowest BCUT2D eigenvalue weighted by Crippen LogP contribution is -2.11. The molecule has 0 fully saturated rings. The van der Waals surface area contributed by atoms with Crippen molar-refractivity contribution in [3.8, 4) is 0 Å². The van der Waals surface area contributed by atoms with Gasteiger partial charge in [-0.15, -0.1) is 0 Å². The Balaban J connectivity index is 2.99. The van der Waals surface area contributed by atoms with Crippen molar-refractivity contribution >= 4 is 22.5 Å². The van der Waals surface area contributed by atoms with E-state index < -0.39 is 0 Å². The molecule has 1 aromatic heterocycles. The summed E-state index contributed by atoms with van der Waals surface area (Å²) in [6, 6.07) is 3.75. The SMILES string of the molecule is CCc1[nH]c2c(Cl)cc(C)cc2c(=O)c1C. The standard InChI is InChI=1S/C13H14ClNO/c1-4-11-8(3)13(16)9-5-7(2)6-10(14)12(9)15-11/h5-6H,4H2,1-3H3,(H,15,16). The Labute approximate surface area is 99.3 Å². The fraction of sp³-hybridized carbons (Fsp3) is 0.308. The number of hydrogen-bond donors (Lipinski definition) is 1. The van der Waals surface area contributed by atoms with Crippen molar-refractivity contribution < 1.29 is 0 Å². The summed E-state index contributed by atoms with van der Waals surface area (Å²) in [5, 5.41) is 1.29. The number of nitrogens with one attached hydrogen (secondary N) is 1. The second-order valence-corrected chi connectivity index (χ2v) is 4.49. The molecular formula is C13H14ClNO. The second kappa shape index (κ2) is 3.95. The first-order chi connectivity index (χ1) is 7.54. The van der Waals surface area contributed by atoms with E-state index in [0.717, 1.165) is 28.8 Å². The van der Waals surface area contributed by atoms with Gasteiger partial charge in [-0.1, -0.05) is 18.5 Å². The molecule has 0 amide bonds. The summed E-state index contributed by atoms with van der Waals surface area (Å²) >= 11 is 6.15. The summed E-state index contributed by atoms with van der Waals surface area (Å²) in [4.78, 5) is 15.4. The molecule has 16 heavy (non-hydrogen) atoms. The van der Waals surface area contributed by atoms with Gasteiger partial charge in [0.15, 0.2) is 5.43 Å². The van der Waals surface area contributed by atoms with E-state index in [0.29, 0.717) is 10.4 Å². The van der Waals surface area contributed by atoms with E-state index in [-0.39, 0.29) is 5.43 Å². The summed E-state index contributed by atoms with van der Waals surface area (Å²) in [6.07, 6.45) is 0.807. The van der Waals surface area contributed by atoms with E-state index in [1.54, 1.807) is 0 Å². The maximum absolute atomic E-state index is 12.1. The Morgan fingerprint density at radius 2 is 2.00 bits per heavy atom. The van der Waals surface area contributed by atoms with Crippen LogP contribution in [0.5, 0.6) is 0 Å². The highest BCUT2D eigenvalue weighted by molar-refractivity contribution is 6.35. The highest BCUT2D eigenvalue weighted by Gasteiger charge is 2.09. The van der Waals surface area contributed by atoms with E-state index in [9.17, 15) is 4.79 Å². The summed E-state index contributed by atoms with van der Waals surface area (Å²) in [6.45, 7) is 5.81. The van der Waals surface area contributed by atoms with Crippen LogP contribution in [0, 0.1) is 13.8 Å². The molecule has 0 saturated heterocycles. The number of pyridine rings is 1. The largest absolute Gasteiger partial charge is 0.357 e. The number of halogens is 1. The van der Waals surface area contributed by atoms with Crippen LogP contribution in [-0.2, 0) is 6.42 Å². The summed E-state index contributed by atoms with van der Waals surface area (Å²) in [5.41, 5.74) is 3.59. The van der Waals surface area contributed by atoms with E-state index >= 15 is 0 Å². The molecule has 1 aromatic carbocycles. The normalized spacial score (nSPS) is 11.0. The minimum Gasteiger partial charge on any atom is -0.357 e. The van der Waals surface area contributed by atoms with Crippen LogP contribution in [-0.4, -0.2) is 4.98 Å². The van der Waals surface area contributed by atoms with Crippen LogP contribution >= 0.6 is 11.6 Å². The first-order valence-electron chi connectivity index (χ1n) is 5.36. The van der Waals surface area contributed by atoms with Gasteiger partial charge in [0.1, 0.15) is 0 Å². The first kappa shape index (κ1) is 11.2. The molecule has 0 aliphatic rings. The van der Waals surface area contributed by atoms with Gasteiger partial charge in [0.05, 0.1) is 10.5 Å². The molecule has 0 radical (unpaired) electrons. The molecule has 0 spiro atoms. The lowest BCUT2D eigenvalue weighted by molar-refractivity contribution is 1.02. The molecule has 0 bridgehead atoms. The third-order valence-corrected chi connectivity index (χ3v) is 3.20. The molecule has 0 unspecified atom stereocenters. The number of rotatable bonds is 1. The van der Waals surface area contributed by atoms with Crippen LogP contribution in [0.25, 0.3) is 10.9 Å². The number of benzene rings is 1. The Bertz CT molecular complexity index is 613. The fourth-order valence-corrected chi connectivity index (χ4v) is 2.31. The molecule has 2 aromatic rings. The van der Waals surface area contributed by atoms with Gasteiger partial charge in [0, 0.05) is 16.6 Å². The van der Waals surface area contributed by atoms with Crippen LogP contribution < -0.4 is 5.43 Å². The predicted octanol–water partition coefficient (Wildman–Crippen LogP) is 3.36. The lowest BCUT2D eigenvalue weighted by atomic mass is 10.1. The van der Waals surface area contributed by atoms with Crippen molar-refractivity contribution in [2.45, 2.75) is 27.2 Å². The minimum absolute atomic E-state index is 0.0798.